The van der Waals surface area contributed by atoms with Gasteiger partial charge in [-0.2, -0.15) is 0 Å². The van der Waals surface area contributed by atoms with Crippen molar-refractivity contribution in [3.05, 3.63) is 35.5 Å². The van der Waals surface area contributed by atoms with Gasteiger partial charge in [-0.3, -0.25) is 19.3 Å². The van der Waals surface area contributed by atoms with Crippen LogP contribution in [0.5, 0.6) is 0 Å². The number of carboxylic acid groups (broad SMARTS) is 1. The first kappa shape index (κ1) is 21.5. The molecule has 3 amide bonds. The van der Waals surface area contributed by atoms with Crippen LogP contribution in [0.25, 0.3) is 0 Å². The molecular formula is C17H17N5O6S2. The number of carboxylic acids is 1. The molecule has 2 unspecified atom stereocenters. The summed E-state index contributed by atoms with van der Waals surface area (Å²) in [5.41, 5.74) is -0.152. The molecule has 0 radical (unpaired) electrons. The Labute approximate surface area is 178 Å². The van der Waals surface area contributed by atoms with Crippen LogP contribution in [0.2, 0.25) is 0 Å². The number of aliphatic carboxylic acids is 1. The topological polar surface area (TPSA) is 150 Å². The summed E-state index contributed by atoms with van der Waals surface area (Å²) in [7, 11) is 0. The smallest absolute Gasteiger partial charge is 0.352 e. The molecule has 0 saturated carbocycles. The molecule has 0 spiro atoms. The van der Waals surface area contributed by atoms with Gasteiger partial charge in [-0.1, -0.05) is 17.8 Å². The maximum atomic E-state index is 12.8. The first-order chi connectivity index (χ1) is 14.4. The molecular weight excluding hydrogens is 434 g/mol. The summed E-state index contributed by atoms with van der Waals surface area (Å²) in [5.74, 6) is -2.46. The first-order valence-electron chi connectivity index (χ1n) is 8.58. The number of rotatable bonds is 9. The highest BCUT2D eigenvalue weighted by Crippen LogP contribution is 2.40. The maximum Gasteiger partial charge on any atom is 0.352 e. The lowest BCUT2D eigenvalue weighted by Crippen LogP contribution is -2.71. The second-order valence-corrected chi connectivity index (χ2v) is 8.43. The SMILES string of the molecule is C=CCON=C(C(=O)NC1C(=O)N2C(C(=O)O)=CC(C)S[C@@H]12)c1csc(NC=O)n1. The predicted octanol–water partition coefficient (Wildman–Crippen LogP) is 0.375. The summed E-state index contributed by atoms with van der Waals surface area (Å²) < 4.78 is 0. The Kier molecular flexibility index (Phi) is 6.52. The van der Waals surface area contributed by atoms with Gasteiger partial charge in [-0.15, -0.1) is 23.1 Å². The van der Waals surface area contributed by atoms with E-state index in [1.807, 2.05) is 0 Å². The molecule has 30 heavy (non-hydrogen) atoms. The Bertz CT molecular complexity index is 958. The number of oxime groups is 1. The molecule has 2 aliphatic heterocycles. The predicted molar refractivity (Wildman–Crippen MR) is 110 cm³/mol. The Morgan fingerprint density at radius 2 is 2.27 bits per heavy atom. The average Bonchev–Trinajstić information content (AvgIpc) is 3.17. The van der Waals surface area contributed by atoms with Gasteiger partial charge in [0, 0.05) is 10.6 Å². The highest BCUT2D eigenvalue weighted by Gasteiger charge is 2.54. The number of aromatic nitrogens is 1. The van der Waals surface area contributed by atoms with Crippen LogP contribution in [0.1, 0.15) is 12.6 Å². The fourth-order valence-electron chi connectivity index (χ4n) is 2.80. The van der Waals surface area contributed by atoms with E-state index >= 15 is 0 Å². The zero-order valence-corrected chi connectivity index (χ0v) is 17.2. The van der Waals surface area contributed by atoms with Crippen molar-refractivity contribution < 1.29 is 29.1 Å². The third-order valence-electron chi connectivity index (χ3n) is 4.05. The highest BCUT2D eigenvalue weighted by atomic mass is 32.2. The van der Waals surface area contributed by atoms with Gasteiger partial charge in [0.2, 0.25) is 6.41 Å². The summed E-state index contributed by atoms with van der Waals surface area (Å²) in [6.07, 6.45) is 3.38. The van der Waals surface area contributed by atoms with Crippen molar-refractivity contribution in [2.45, 2.75) is 23.6 Å². The lowest BCUT2D eigenvalue weighted by Gasteiger charge is -2.49. The Morgan fingerprint density at radius 1 is 1.50 bits per heavy atom. The van der Waals surface area contributed by atoms with Crippen LogP contribution in [0.15, 0.2) is 35.0 Å². The highest BCUT2D eigenvalue weighted by molar-refractivity contribution is 8.00. The van der Waals surface area contributed by atoms with E-state index in [1.165, 1.54) is 29.3 Å². The molecule has 1 fully saturated rings. The average molecular weight is 451 g/mol. The van der Waals surface area contributed by atoms with E-state index in [2.05, 4.69) is 27.4 Å². The largest absolute Gasteiger partial charge is 0.477 e. The third-order valence-corrected chi connectivity index (χ3v) is 6.15. The normalized spacial score (nSPS) is 22.9. The number of β-lactam (4-membered cyclic amide) rings is 1. The van der Waals surface area contributed by atoms with Gasteiger partial charge < -0.3 is 20.6 Å². The van der Waals surface area contributed by atoms with Crippen molar-refractivity contribution in [3.8, 4) is 0 Å². The van der Waals surface area contributed by atoms with E-state index in [1.54, 1.807) is 6.92 Å². The minimum Gasteiger partial charge on any atom is -0.477 e. The molecule has 1 saturated heterocycles. The van der Waals surface area contributed by atoms with E-state index in [0.717, 1.165) is 16.2 Å². The zero-order chi connectivity index (χ0) is 21.8. The van der Waals surface area contributed by atoms with Crippen LogP contribution in [0, 0.1) is 0 Å². The lowest BCUT2D eigenvalue weighted by molar-refractivity contribution is -0.150. The van der Waals surface area contributed by atoms with Crippen LogP contribution in [0.3, 0.4) is 0 Å². The van der Waals surface area contributed by atoms with E-state index in [-0.39, 0.29) is 34.1 Å². The summed E-state index contributed by atoms with van der Waals surface area (Å²) >= 11 is 2.43. The number of thiazole rings is 1. The van der Waals surface area contributed by atoms with Crippen molar-refractivity contribution in [2.75, 3.05) is 11.9 Å². The Morgan fingerprint density at radius 3 is 2.93 bits per heavy atom. The van der Waals surface area contributed by atoms with Crippen LogP contribution >= 0.6 is 23.1 Å². The van der Waals surface area contributed by atoms with E-state index < -0.39 is 29.2 Å². The van der Waals surface area contributed by atoms with Gasteiger partial charge in [0.25, 0.3) is 11.8 Å². The Balaban J connectivity index is 1.79. The number of fused-ring (bicyclic) bond motifs is 1. The molecule has 13 heteroatoms. The van der Waals surface area contributed by atoms with E-state index in [0.29, 0.717) is 6.41 Å². The molecule has 11 nitrogen and oxygen atoms in total. The number of nitrogens with one attached hydrogen (secondary N) is 2. The van der Waals surface area contributed by atoms with Crippen LogP contribution in [0.4, 0.5) is 5.13 Å². The third kappa shape index (κ3) is 4.21. The molecule has 3 rings (SSSR count). The first-order valence-corrected chi connectivity index (χ1v) is 10.4. The zero-order valence-electron chi connectivity index (χ0n) is 15.6. The molecule has 2 aliphatic rings. The van der Waals surface area contributed by atoms with Crippen molar-refractivity contribution >= 4 is 58.1 Å². The maximum absolute atomic E-state index is 12.8. The molecule has 0 aliphatic carbocycles. The summed E-state index contributed by atoms with van der Waals surface area (Å²) in [5, 5.41) is 19.1. The van der Waals surface area contributed by atoms with Crippen LogP contribution in [-0.4, -0.2) is 68.2 Å². The standard InChI is InChI=1S/C17H17N5O6S2/c1-3-4-28-21-11(9-6-29-17(19-9)18-7-23)13(24)20-12-14(25)22-10(16(26)27)5-8(2)30-15(12)22/h3,5-8,12,15H,1,4H2,2H3,(H,20,24)(H,26,27)(H,18,19,23)/t8?,12?,15-/m0/s1. The number of nitrogens with zero attached hydrogens (tertiary/aromatic N) is 3. The summed E-state index contributed by atoms with van der Waals surface area (Å²) in [6, 6.07) is -0.927. The van der Waals surface area contributed by atoms with Gasteiger partial charge in [0.15, 0.2) is 10.8 Å². The minimum atomic E-state index is -1.21. The number of hydrogen-bond acceptors (Lipinski definition) is 9. The molecule has 1 aromatic rings. The number of anilines is 1. The van der Waals surface area contributed by atoms with Gasteiger partial charge in [-0.25, -0.2) is 9.78 Å². The van der Waals surface area contributed by atoms with Crippen molar-refractivity contribution in [1.29, 1.82) is 0 Å². The quantitative estimate of drug-likeness (QED) is 0.122. The van der Waals surface area contributed by atoms with Crippen molar-refractivity contribution in [3.63, 3.8) is 0 Å². The molecule has 3 atom stereocenters. The van der Waals surface area contributed by atoms with Crippen LogP contribution in [-0.2, 0) is 24.0 Å². The monoisotopic (exact) mass is 451 g/mol. The van der Waals surface area contributed by atoms with Gasteiger partial charge in [0.05, 0.1) is 0 Å². The summed E-state index contributed by atoms with van der Waals surface area (Å²) in [6.45, 7) is 5.34. The molecule has 3 N–H and O–H groups in total. The van der Waals surface area contributed by atoms with Gasteiger partial charge in [-0.05, 0) is 13.0 Å². The van der Waals surface area contributed by atoms with Gasteiger partial charge >= 0.3 is 5.97 Å². The minimum absolute atomic E-state index is 0.0409. The second-order valence-electron chi connectivity index (χ2n) is 6.07. The lowest BCUT2D eigenvalue weighted by atomic mass is 10.0. The number of thioether (sulfide) groups is 1. The van der Waals surface area contributed by atoms with E-state index in [4.69, 9.17) is 4.84 Å². The number of amides is 3. The molecule has 0 aromatic carbocycles. The Hall–Kier alpha value is -3.19. The molecule has 1 aromatic heterocycles. The molecule has 3 heterocycles. The molecule has 158 valence electrons. The number of carbonyl (C=O) groups excluding carboxylic acids is 3. The fourth-order valence-corrected chi connectivity index (χ4v) is 4.78. The van der Waals surface area contributed by atoms with Gasteiger partial charge in [0.1, 0.15) is 29.4 Å². The van der Waals surface area contributed by atoms with Crippen molar-refractivity contribution in [1.82, 2.24) is 15.2 Å². The van der Waals surface area contributed by atoms with Crippen molar-refractivity contribution in [2.24, 2.45) is 5.16 Å². The summed E-state index contributed by atoms with van der Waals surface area (Å²) in [4.78, 5) is 57.6. The number of hydrogen-bond donors (Lipinski definition) is 3. The number of carbonyl (C=O) groups is 4. The van der Waals surface area contributed by atoms with E-state index in [9.17, 15) is 24.3 Å². The van der Waals surface area contributed by atoms with Crippen LogP contribution < -0.4 is 10.6 Å². The fraction of sp³-hybridized carbons (Fsp3) is 0.294. The molecule has 0 bridgehead atoms. The second kappa shape index (κ2) is 9.09.